The molecule has 0 fully saturated rings. The number of primary amides is 1. The molecule has 36 valence electrons. The molecule has 0 heterocycles. The predicted octanol–water partition coefficient (Wildman–Crippen LogP) is 0.987. The Morgan fingerprint density at radius 1 is 1.67 bits per heavy atom. The quantitative estimate of drug-likeness (QED) is 0.605. The first kappa shape index (κ1) is 6.23. The van der Waals surface area contributed by atoms with Gasteiger partial charge in [-0.25, -0.2) is 4.79 Å². The number of halogens is 2. The number of carbonyl (C=O) groups excluding carboxylic acids is 1. The Morgan fingerprint density at radius 2 is 1.83 bits per heavy atom. The van der Waals surface area contributed by atoms with Gasteiger partial charge in [-0.15, -0.1) is 0 Å². The van der Waals surface area contributed by atoms with Gasteiger partial charge in [-0.2, -0.15) is 2.95 Å². The van der Waals surface area contributed by atoms with E-state index in [9.17, 15) is 4.79 Å². The lowest BCUT2D eigenvalue weighted by Crippen LogP contribution is -2.17. The molecule has 0 aromatic carbocycles. The molecule has 0 atom stereocenters. The summed E-state index contributed by atoms with van der Waals surface area (Å²) >= 11 is 5.43. The van der Waals surface area contributed by atoms with Crippen LogP contribution in [0.3, 0.4) is 0 Å². The van der Waals surface area contributed by atoms with E-state index in [0.29, 0.717) is 0 Å². The Bertz CT molecular complexity index is 62.6. The molecular formula is CH2Br2N2O. The number of urea groups is 1. The van der Waals surface area contributed by atoms with Crippen LogP contribution >= 0.6 is 32.3 Å². The maximum absolute atomic E-state index is 9.75. The highest BCUT2D eigenvalue weighted by molar-refractivity contribution is 9.21. The number of carbonyl (C=O) groups is 1. The van der Waals surface area contributed by atoms with E-state index in [2.05, 4.69) is 38.0 Å². The van der Waals surface area contributed by atoms with Crippen LogP contribution in [-0.4, -0.2) is 8.98 Å². The molecule has 0 bridgehead atoms. The maximum atomic E-state index is 9.75. The average molecular weight is 218 g/mol. The van der Waals surface area contributed by atoms with Crippen LogP contribution in [0.25, 0.3) is 0 Å². The third-order valence-electron chi connectivity index (χ3n) is 0.167. The van der Waals surface area contributed by atoms with E-state index in [1.807, 2.05) is 0 Å². The second kappa shape index (κ2) is 2.41. The minimum Gasteiger partial charge on any atom is -0.350 e. The summed E-state index contributed by atoms with van der Waals surface area (Å²) in [6, 6.07) is -0.574. The van der Waals surface area contributed by atoms with Crippen LogP contribution < -0.4 is 5.73 Å². The molecule has 0 rings (SSSR count). The Balaban J connectivity index is 3.26. The number of nitrogens with two attached hydrogens (primary N) is 1. The van der Waals surface area contributed by atoms with Crippen molar-refractivity contribution in [3.05, 3.63) is 0 Å². The van der Waals surface area contributed by atoms with Gasteiger partial charge in [-0.1, -0.05) is 0 Å². The van der Waals surface area contributed by atoms with Gasteiger partial charge in [0.15, 0.2) is 0 Å². The fraction of sp³-hybridized carbons (Fsp3) is 0. The monoisotopic (exact) mass is 216 g/mol. The molecule has 6 heavy (non-hydrogen) atoms. The Kier molecular flexibility index (Phi) is 2.50. The molecule has 0 aromatic heterocycles. The second-order valence-electron chi connectivity index (χ2n) is 0.571. The van der Waals surface area contributed by atoms with E-state index in [-0.39, 0.29) is 0 Å². The second-order valence-corrected chi connectivity index (χ2v) is 2.94. The van der Waals surface area contributed by atoms with Crippen molar-refractivity contribution in [3.8, 4) is 0 Å². The lowest BCUT2D eigenvalue weighted by Gasteiger charge is -1.93. The van der Waals surface area contributed by atoms with Crippen LogP contribution in [0.4, 0.5) is 4.79 Å². The molecule has 0 saturated heterocycles. The fourth-order valence-corrected chi connectivity index (χ4v) is 0. The normalized spacial score (nSPS) is 7.67. The highest BCUT2D eigenvalue weighted by Crippen LogP contribution is 2.01. The molecule has 2 N–H and O–H groups in total. The maximum Gasteiger partial charge on any atom is 0.335 e. The van der Waals surface area contributed by atoms with Gasteiger partial charge < -0.3 is 5.73 Å². The zero-order valence-electron chi connectivity index (χ0n) is 2.69. The topological polar surface area (TPSA) is 46.3 Å². The van der Waals surface area contributed by atoms with Gasteiger partial charge in [0.05, 0.1) is 32.3 Å². The van der Waals surface area contributed by atoms with Crippen molar-refractivity contribution >= 4 is 38.3 Å². The molecule has 0 aliphatic rings. The van der Waals surface area contributed by atoms with Gasteiger partial charge in [-0.05, 0) is 0 Å². The Morgan fingerprint density at radius 3 is 1.83 bits per heavy atom. The zero-order chi connectivity index (χ0) is 5.15. The molecule has 0 spiro atoms. The van der Waals surface area contributed by atoms with E-state index in [0.717, 1.165) is 2.95 Å². The Hall–Kier alpha value is 0.230. The summed E-state index contributed by atoms with van der Waals surface area (Å²) < 4.78 is 0.931. The number of hydrogen-bond acceptors (Lipinski definition) is 1. The summed E-state index contributed by atoms with van der Waals surface area (Å²) in [6.07, 6.45) is 0. The van der Waals surface area contributed by atoms with Gasteiger partial charge in [0, 0.05) is 0 Å². The first-order valence-corrected chi connectivity index (χ1v) is 2.47. The average Bonchev–Trinajstić information content (AvgIpc) is 1.36. The molecule has 0 unspecified atom stereocenters. The number of rotatable bonds is 0. The minimum absolute atomic E-state index is 0.574. The molecule has 2 amide bonds. The van der Waals surface area contributed by atoms with Crippen LogP contribution in [0, 0.1) is 0 Å². The van der Waals surface area contributed by atoms with Gasteiger partial charge in [-0.3, -0.25) is 0 Å². The summed E-state index contributed by atoms with van der Waals surface area (Å²) in [5, 5.41) is 0. The van der Waals surface area contributed by atoms with Crippen molar-refractivity contribution in [2.24, 2.45) is 5.73 Å². The summed E-state index contributed by atoms with van der Waals surface area (Å²) in [5.74, 6) is 0. The molecular weight excluding hydrogens is 216 g/mol. The van der Waals surface area contributed by atoms with Crippen molar-refractivity contribution < 1.29 is 4.79 Å². The summed E-state index contributed by atoms with van der Waals surface area (Å²) in [4.78, 5) is 9.75. The van der Waals surface area contributed by atoms with E-state index < -0.39 is 6.03 Å². The first-order valence-electron chi connectivity index (χ1n) is 1.05. The van der Waals surface area contributed by atoms with Crippen LogP contribution in [0.15, 0.2) is 0 Å². The van der Waals surface area contributed by atoms with Gasteiger partial charge in [0.25, 0.3) is 0 Å². The SMILES string of the molecule is NC(=O)N(Br)Br. The van der Waals surface area contributed by atoms with Crippen LogP contribution in [0.2, 0.25) is 0 Å². The van der Waals surface area contributed by atoms with Gasteiger partial charge >= 0.3 is 6.03 Å². The smallest absolute Gasteiger partial charge is 0.335 e. The molecule has 5 heteroatoms. The zero-order valence-corrected chi connectivity index (χ0v) is 5.86. The number of amides is 2. The molecule has 0 aliphatic carbocycles. The van der Waals surface area contributed by atoms with Gasteiger partial charge in [0.2, 0.25) is 0 Å². The molecule has 3 nitrogen and oxygen atoms in total. The fourth-order valence-electron chi connectivity index (χ4n) is 0. The van der Waals surface area contributed by atoms with E-state index >= 15 is 0 Å². The summed E-state index contributed by atoms with van der Waals surface area (Å²) in [5.41, 5.74) is 4.63. The van der Waals surface area contributed by atoms with E-state index in [1.54, 1.807) is 0 Å². The van der Waals surface area contributed by atoms with E-state index in [1.165, 1.54) is 0 Å². The van der Waals surface area contributed by atoms with Crippen LogP contribution in [-0.2, 0) is 0 Å². The summed E-state index contributed by atoms with van der Waals surface area (Å²) in [7, 11) is 0. The number of nitrogens with zero attached hydrogens (tertiary/aromatic N) is 1. The highest BCUT2D eigenvalue weighted by Gasteiger charge is 1.94. The summed E-state index contributed by atoms with van der Waals surface area (Å²) in [6.45, 7) is 0. The third-order valence-corrected chi connectivity index (χ3v) is 0.866. The van der Waals surface area contributed by atoms with Crippen LogP contribution in [0.5, 0.6) is 0 Å². The van der Waals surface area contributed by atoms with E-state index in [4.69, 9.17) is 0 Å². The van der Waals surface area contributed by atoms with Crippen LogP contribution in [0.1, 0.15) is 0 Å². The van der Waals surface area contributed by atoms with Crippen molar-refractivity contribution in [3.63, 3.8) is 0 Å². The lowest BCUT2D eigenvalue weighted by atomic mass is 11.2. The molecule has 0 aliphatic heterocycles. The molecule has 0 radical (unpaired) electrons. The highest BCUT2D eigenvalue weighted by atomic mass is 79.9. The largest absolute Gasteiger partial charge is 0.350 e. The predicted molar refractivity (Wildman–Crippen MR) is 29.3 cm³/mol. The Labute approximate surface area is 52.2 Å². The first-order chi connectivity index (χ1) is 2.64. The molecule has 0 saturated carbocycles. The third kappa shape index (κ3) is 2.47. The van der Waals surface area contributed by atoms with Crippen molar-refractivity contribution in [1.82, 2.24) is 2.95 Å². The minimum atomic E-state index is -0.574. The number of hydrogen-bond donors (Lipinski definition) is 1. The van der Waals surface area contributed by atoms with Crippen molar-refractivity contribution in [2.45, 2.75) is 0 Å². The van der Waals surface area contributed by atoms with Crippen molar-refractivity contribution in [1.29, 1.82) is 0 Å². The van der Waals surface area contributed by atoms with Crippen molar-refractivity contribution in [2.75, 3.05) is 0 Å². The lowest BCUT2D eigenvalue weighted by molar-refractivity contribution is 0.248. The standard InChI is InChI=1S/CH2Br2N2O/c2-5(3)1(4)6/h(H2,4,6). The van der Waals surface area contributed by atoms with Gasteiger partial charge in [0.1, 0.15) is 0 Å². The molecule has 0 aromatic rings.